The molecule has 0 radical (unpaired) electrons. The standard InChI is InChI=1S/C14H11Cl2N3/c1-19-13-5-3-9(16)7-12(13)18-14(19)10-4-2-8(15)6-11(10)17/h2-7H,17H2,1H3. The number of fused-ring (bicyclic) bond motifs is 1. The van der Waals surface area contributed by atoms with Gasteiger partial charge in [0, 0.05) is 28.3 Å². The molecule has 0 saturated carbocycles. The third kappa shape index (κ3) is 2.05. The van der Waals surface area contributed by atoms with Crippen LogP contribution in [0.3, 0.4) is 0 Å². The van der Waals surface area contributed by atoms with E-state index in [-0.39, 0.29) is 0 Å². The molecule has 0 spiro atoms. The first-order chi connectivity index (χ1) is 9.06. The molecule has 3 nitrogen and oxygen atoms in total. The van der Waals surface area contributed by atoms with Crippen LogP contribution >= 0.6 is 23.2 Å². The van der Waals surface area contributed by atoms with Crippen molar-refractivity contribution in [2.45, 2.75) is 0 Å². The van der Waals surface area contributed by atoms with Gasteiger partial charge in [-0.3, -0.25) is 0 Å². The highest BCUT2D eigenvalue weighted by atomic mass is 35.5. The van der Waals surface area contributed by atoms with Gasteiger partial charge in [-0.05, 0) is 36.4 Å². The normalized spacial score (nSPS) is 11.1. The molecule has 0 saturated heterocycles. The zero-order valence-electron chi connectivity index (χ0n) is 10.2. The van der Waals surface area contributed by atoms with Crippen LogP contribution < -0.4 is 5.73 Å². The smallest absolute Gasteiger partial charge is 0.142 e. The summed E-state index contributed by atoms with van der Waals surface area (Å²) in [6.07, 6.45) is 0. The highest BCUT2D eigenvalue weighted by Gasteiger charge is 2.12. The second-order valence-electron chi connectivity index (χ2n) is 4.36. The third-order valence-electron chi connectivity index (χ3n) is 3.10. The lowest BCUT2D eigenvalue weighted by atomic mass is 10.1. The van der Waals surface area contributed by atoms with E-state index in [1.807, 2.05) is 35.9 Å². The largest absolute Gasteiger partial charge is 0.398 e. The van der Waals surface area contributed by atoms with Gasteiger partial charge in [0.25, 0.3) is 0 Å². The van der Waals surface area contributed by atoms with Gasteiger partial charge in [0.05, 0.1) is 11.0 Å². The van der Waals surface area contributed by atoms with Gasteiger partial charge in [0.2, 0.25) is 0 Å². The quantitative estimate of drug-likeness (QED) is 0.685. The van der Waals surface area contributed by atoms with Crippen molar-refractivity contribution in [3.63, 3.8) is 0 Å². The van der Waals surface area contributed by atoms with E-state index in [0.29, 0.717) is 15.7 Å². The average molecular weight is 292 g/mol. The molecule has 0 aliphatic rings. The number of nitrogens with two attached hydrogens (primary N) is 1. The second-order valence-corrected chi connectivity index (χ2v) is 5.23. The van der Waals surface area contributed by atoms with Gasteiger partial charge >= 0.3 is 0 Å². The van der Waals surface area contributed by atoms with Crippen molar-refractivity contribution in [2.75, 3.05) is 5.73 Å². The Bertz CT molecular complexity index is 778. The molecular formula is C14H11Cl2N3. The molecular weight excluding hydrogens is 281 g/mol. The van der Waals surface area contributed by atoms with Crippen molar-refractivity contribution in [1.29, 1.82) is 0 Å². The number of nitrogen functional groups attached to an aromatic ring is 1. The SMILES string of the molecule is Cn1c(-c2ccc(Cl)cc2N)nc2cc(Cl)ccc21. The summed E-state index contributed by atoms with van der Waals surface area (Å²) in [5.41, 5.74) is 9.33. The van der Waals surface area contributed by atoms with Gasteiger partial charge in [-0.2, -0.15) is 0 Å². The lowest BCUT2D eigenvalue weighted by Gasteiger charge is -2.06. The highest BCUT2D eigenvalue weighted by Crippen LogP contribution is 2.30. The summed E-state index contributed by atoms with van der Waals surface area (Å²) in [5.74, 6) is 0.798. The van der Waals surface area contributed by atoms with Gasteiger partial charge < -0.3 is 10.3 Å². The molecule has 2 aromatic carbocycles. The predicted molar refractivity (Wildman–Crippen MR) is 80.6 cm³/mol. The Kier molecular flexibility index (Phi) is 2.88. The number of hydrogen-bond donors (Lipinski definition) is 1. The lowest BCUT2D eigenvalue weighted by Crippen LogP contribution is -1.96. The number of hydrogen-bond acceptors (Lipinski definition) is 2. The van der Waals surface area contributed by atoms with E-state index >= 15 is 0 Å². The molecule has 1 aromatic heterocycles. The Morgan fingerprint density at radius 2 is 1.74 bits per heavy atom. The maximum atomic E-state index is 6.01. The van der Waals surface area contributed by atoms with Crippen LogP contribution in [-0.4, -0.2) is 9.55 Å². The summed E-state index contributed by atoms with van der Waals surface area (Å²) < 4.78 is 1.99. The summed E-state index contributed by atoms with van der Waals surface area (Å²) in [5, 5.41) is 1.28. The molecule has 3 rings (SSSR count). The molecule has 19 heavy (non-hydrogen) atoms. The number of imidazole rings is 1. The van der Waals surface area contributed by atoms with Crippen molar-refractivity contribution in [3.05, 3.63) is 46.4 Å². The van der Waals surface area contributed by atoms with Crippen LogP contribution in [0.5, 0.6) is 0 Å². The number of rotatable bonds is 1. The fourth-order valence-corrected chi connectivity index (χ4v) is 2.50. The minimum absolute atomic E-state index is 0.608. The van der Waals surface area contributed by atoms with E-state index < -0.39 is 0 Å². The van der Waals surface area contributed by atoms with E-state index in [1.165, 1.54) is 0 Å². The first kappa shape index (κ1) is 12.3. The third-order valence-corrected chi connectivity index (χ3v) is 3.57. The Morgan fingerprint density at radius 1 is 1.05 bits per heavy atom. The summed E-state index contributed by atoms with van der Waals surface area (Å²) in [7, 11) is 1.95. The first-order valence-electron chi connectivity index (χ1n) is 5.73. The summed E-state index contributed by atoms with van der Waals surface area (Å²) in [4.78, 5) is 4.59. The van der Waals surface area contributed by atoms with Crippen molar-refractivity contribution in [1.82, 2.24) is 9.55 Å². The molecule has 0 amide bonds. The summed E-state index contributed by atoms with van der Waals surface area (Å²) in [6, 6.07) is 11.0. The van der Waals surface area contributed by atoms with Crippen LogP contribution in [0.2, 0.25) is 10.0 Å². The van der Waals surface area contributed by atoms with Crippen molar-refractivity contribution in [3.8, 4) is 11.4 Å². The molecule has 0 aliphatic heterocycles. The van der Waals surface area contributed by atoms with Gasteiger partial charge in [-0.25, -0.2) is 4.98 Å². The highest BCUT2D eigenvalue weighted by molar-refractivity contribution is 6.31. The zero-order valence-corrected chi connectivity index (χ0v) is 11.7. The average Bonchev–Trinajstić information content (AvgIpc) is 2.66. The van der Waals surface area contributed by atoms with E-state index in [9.17, 15) is 0 Å². The van der Waals surface area contributed by atoms with E-state index in [1.54, 1.807) is 12.1 Å². The molecule has 0 aliphatic carbocycles. The van der Waals surface area contributed by atoms with Crippen LogP contribution in [0.15, 0.2) is 36.4 Å². The Hall–Kier alpha value is -1.71. The fraction of sp³-hybridized carbons (Fsp3) is 0.0714. The number of benzene rings is 2. The topological polar surface area (TPSA) is 43.8 Å². The number of aromatic nitrogens is 2. The van der Waals surface area contributed by atoms with Crippen molar-refractivity contribution in [2.24, 2.45) is 7.05 Å². The van der Waals surface area contributed by atoms with Gasteiger partial charge in [0.15, 0.2) is 0 Å². The van der Waals surface area contributed by atoms with Crippen LogP contribution in [0.25, 0.3) is 22.4 Å². The molecule has 1 heterocycles. The van der Waals surface area contributed by atoms with E-state index in [0.717, 1.165) is 22.4 Å². The maximum Gasteiger partial charge on any atom is 0.142 e. The minimum Gasteiger partial charge on any atom is -0.398 e. The monoisotopic (exact) mass is 291 g/mol. The number of aryl methyl sites for hydroxylation is 1. The fourth-order valence-electron chi connectivity index (χ4n) is 2.15. The van der Waals surface area contributed by atoms with Crippen LogP contribution in [0, 0.1) is 0 Å². The molecule has 5 heteroatoms. The molecule has 0 bridgehead atoms. The van der Waals surface area contributed by atoms with Crippen LogP contribution in [0.1, 0.15) is 0 Å². The summed E-state index contributed by atoms with van der Waals surface area (Å²) >= 11 is 11.9. The van der Waals surface area contributed by atoms with Crippen molar-refractivity contribution >= 4 is 39.9 Å². The second kappa shape index (κ2) is 4.44. The molecule has 0 fully saturated rings. The lowest BCUT2D eigenvalue weighted by molar-refractivity contribution is 0.960. The van der Waals surface area contributed by atoms with Crippen LogP contribution in [0.4, 0.5) is 5.69 Å². The molecule has 3 aromatic rings. The number of nitrogens with zero attached hydrogens (tertiary/aromatic N) is 2. The van der Waals surface area contributed by atoms with Crippen molar-refractivity contribution < 1.29 is 0 Å². The van der Waals surface area contributed by atoms with Gasteiger partial charge in [0.1, 0.15) is 5.82 Å². The number of halogens is 2. The van der Waals surface area contributed by atoms with E-state index in [2.05, 4.69) is 4.98 Å². The van der Waals surface area contributed by atoms with E-state index in [4.69, 9.17) is 28.9 Å². The number of anilines is 1. The zero-order chi connectivity index (χ0) is 13.6. The first-order valence-corrected chi connectivity index (χ1v) is 6.49. The minimum atomic E-state index is 0.608. The summed E-state index contributed by atoms with van der Waals surface area (Å²) in [6.45, 7) is 0. The maximum absolute atomic E-state index is 6.01. The molecule has 96 valence electrons. The Morgan fingerprint density at radius 3 is 2.47 bits per heavy atom. The molecule has 0 atom stereocenters. The van der Waals surface area contributed by atoms with Gasteiger partial charge in [-0.15, -0.1) is 0 Å². The predicted octanol–water partition coefficient (Wildman–Crippen LogP) is 4.13. The molecule has 2 N–H and O–H groups in total. The van der Waals surface area contributed by atoms with Crippen LogP contribution in [-0.2, 0) is 7.05 Å². The van der Waals surface area contributed by atoms with Gasteiger partial charge in [-0.1, -0.05) is 23.2 Å². The Balaban J connectivity index is 2.27. The molecule has 0 unspecified atom stereocenters. The Labute approximate surface area is 120 Å².